The van der Waals surface area contributed by atoms with Gasteiger partial charge in [0, 0.05) is 19.2 Å². The van der Waals surface area contributed by atoms with E-state index in [9.17, 15) is 5.11 Å². The summed E-state index contributed by atoms with van der Waals surface area (Å²) in [4.78, 5) is 2.64. The summed E-state index contributed by atoms with van der Waals surface area (Å²) in [5, 5.41) is 9.21. The van der Waals surface area contributed by atoms with Crippen molar-refractivity contribution in [3.63, 3.8) is 0 Å². The van der Waals surface area contributed by atoms with Crippen LogP contribution in [-0.4, -0.2) is 42.3 Å². The topological polar surface area (TPSA) is 49.5 Å². The van der Waals surface area contributed by atoms with E-state index in [1.807, 2.05) is 0 Å². The van der Waals surface area contributed by atoms with Crippen LogP contribution in [0.2, 0.25) is 0 Å². The minimum Gasteiger partial charge on any atom is -0.396 e. The smallest absolute Gasteiger partial charge is 0.0445 e. The van der Waals surface area contributed by atoms with Crippen molar-refractivity contribution < 1.29 is 5.11 Å². The third-order valence-electron chi connectivity index (χ3n) is 5.10. The summed E-state index contributed by atoms with van der Waals surface area (Å²) in [5.41, 5.74) is 6.48. The van der Waals surface area contributed by atoms with E-state index in [1.54, 1.807) is 0 Å². The Kier molecular flexibility index (Phi) is 5.46. The van der Waals surface area contributed by atoms with Gasteiger partial charge in [0.1, 0.15) is 0 Å². The second-order valence-electron chi connectivity index (χ2n) is 6.40. The zero-order valence-corrected chi connectivity index (χ0v) is 11.7. The predicted octanol–water partition coefficient (Wildman–Crippen LogP) is 2.13. The molecule has 3 heteroatoms. The van der Waals surface area contributed by atoms with Crippen molar-refractivity contribution in [3.8, 4) is 0 Å². The maximum Gasteiger partial charge on any atom is 0.0445 e. The number of hydrogen-bond donors (Lipinski definition) is 2. The number of likely N-dealkylation sites (tertiary alicyclic amines) is 1. The molecule has 0 amide bonds. The van der Waals surface area contributed by atoms with Crippen LogP contribution in [0.4, 0.5) is 0 Å². The molecule has 18 heavy (non-hydrogen) atoms. The zero-order chi connectivity index (χ0) is 12.8. The normalized spacial score (nSPS) is 29.3. The highest BCUT2D eigenvalue weighted by Crippen LogP contribution is 2.37. The van der Waals surface area contributed by atoms with Gasteiger partial charge in [-0.25, -0.2) is 0 Å². The molecule has 1 atom stereocenters. The van der Waals surface area contributed by atoms with E-state index in [4.69, 9.17) is 5.73 Å². The first kappa shape index (κ1) is 14.3. The van der Waals surface area contributed by atoms with Crippen molar-refractivity contribution in [1.29, 1.82) is 0 Å². The van der Waals surface area contributed by atoms with Crippen LogP contribution < -0.4 is 5.73 Å². The van der Waals surface area contributed by atoms with Crippen LogP contribution in [0.25, 0.3) is 0 Å². The molecular weight excluding hydrogens is 224 g/mol. The van der Waals surface area contributed by atoms with Gasteiger partial charge in [-0.05, 0) is 50.6 Å². The molecule has 106 valence electrons. The van der Waals surface area contributed by atoms with Crippen LogP contribution in [0.1, 0.15) is 57.8 Å². The van der Waals surface area contributed by atoms with E-state index in [2.05, 4.69) is 4.90 Å². The van der Waals surface area contributed by atoms with Gasteiger partial charge in [-0.3, -0.25) is 4.90 Å². The molecule has 0 radical (unpaired) electrons. The lowest BCUT2D eigenvalue weighted by molar-refractivity contribution is 0.0496. The second kappa shape index (κ2) is 6.88. The number of piperidine rings is 1. The summed E-state index contributed by atoms with van der Waals surface area (Å²) >= 11 is 0. The Morgan fingerprint density at radius 3 is 2.56 bits per heavy atom. The van der Waals surface area contributed by atoms with Crippen molar-refractivity contribution in [2.75, 3.05) is 26.2 Å². The molecule has 3 nitrogen and oxygen atoms in total. The van der Waals surface area contributed by atoms with E-state index >= 15 is 0 Å². The van der Waals surface area contributed by atoms with Crippen LogP contribution in [0.3, 0.4) is 0 Å². The van der Waals surface area contributed by atoms with Gasteiger partial charge in [0.15, 0.2) is 0 Å². The van der Waals surface area contributed by atoms with Gasteiger partial charge in [-0.1, -0.05) is 25.7 Å². The highest BCUT2D eigenvalue weighted by molar-refractivity contribution is 4.89. The molecule has 1 heterocycles. The molecule has 3 N–H and O–H groups in total. The fourth-order valence-corrected chi connectivity index (χ4v) is 3.90. The summed E-state index contributed by atoms with van der Waals surface area (Å²) in [6.07, 6.45) is 11.6. The highest BCUT2D eigenvalue weighted by Gasteiger charge is 2.35. The van der Waals surface area contributed by atoms with Gasteiger partial charge >= 0.3 is 0 Å². The van der Waals surface area contributed by atoms with Gasteiger partial charge in [-0.2, -0.15) is 0 Å². The molecule has 0 bridgehead atoms. The largest absolute Gasteiger partial charge is 0.396 e. The summed E-state index contributed by atoms with van der Waals surface area (Å²) in [6.45, 7) is 3.56. The van der Waals surface area contributed by atoms with E-state index in [0.29, 0.717) is 18.1 Å². The van der Waals surface area contributed by atoms with Crippen LogP contribution in [-0.2, 0) is 0 Å². The van der Waals surface area contributed by atoms with Gasteiger partial charge in [0.2, 0.25) is 0 Å². The lowest BCUT2D eigenvalue weighted by atomic mass is 9.73. The van der Waals surface area contributed by atoms with Crippen molar-refractivity contribution >= 4 is 0 Å². The van der Waals surface area contributed by atoms with Gasteiger partial charge in [0.05, 0.1) is 0 Å². The fourth-order valence-electron chi connectivity index (χ4n) is 3.90. The number of rotatable bonds is 5. The molecule has 2 aliphatic rings. The van der Waals surface area contributed by atoms with Crippen LogP contribution in [0.15, 0.2) is 0 Å². The molecule has 1 aliphatic heterocycles. The average molecular weight is 254 g/mol. The Morgan fingerprint density at radius 1 is 1.11 bits per heavy atom. The molecule has 1 saturated heterocycles. The maximum atomic E-state index is 9.21. The molecule has 0 aromatic carbocycles. The standard InChI is InChI=1S/C15H30N2O/c16-12-15(8-3-1-4-9-15)13-17-10-5-2-6-14(17)7-11-18/h14,18H,1-13,16H2. The fraction of sp³-hybridized carbons (Fsp3) is 1.00. The molecule has 2 fully saturated rings. The highest BCUT2D eigenvalue weighted by atomic mass is 16.3. The number of nitrogens with zero attached hydrogens (tertiary/aromatic N) is 1. The first-order valence-corrected chi connectivity index (χ1v) is 7.85. The Morgan fingerprint density at radius 2 is 1.89 bits per heavy atom. The molecule has 1 unspecified atom stereocenters. The summed E-state index contributed by atoms with van der Waals surface area (Å²) < 4.78 is 0. The van der Waals surface area contributed by atoms with Gasteiger partial charge in [-0.15, -0.1) is 0 Å². The molecule has 1 saturated carbocycles. The monoisotopic (exact) mass is 254 g/mol. The van der Waals surface area contributed by atoms with Gasteiger partial charge in [0.25, 0.3) is 0 Å². The average Bonchev–Trinajstić information content (AvgIpc) is 2.42. The summed E-state index contributed by atoms with van der Waals surface area (Å²) in [6, 6.07) is 0.606. The molecule has 2 rings (SSSR count). The lowest BCUT2D eigenvalue weighted by Crippen LogP contribution is -2.49. The van der Waals surface area contributed by atoms with E-state index < -0.39 is 0 Å². The summed E-state index contributed by atoms with van der Waals surface area (Å²) in [7, 11) is 0. The third kappa shape index (κ3) is 3.46. The van der Waals surface area contributed by atoms with Crippen LogP contribution in [0.5, 0.6) is 0 Å². The Labute approximate surface area is 112 Å². The first-order chi connectivity index (χ1) is 8.79. The Hall–Kier alpha value is -0.120. The van der Waals surface area contributed by atoms with Crippen molar-refractivity contribution in [2.45, 2.75) is 63.8 Å². The number of hydrogen-bond acceptors (Lipinski definition) is 3. The number of nitrogens with two attached hydrogens (primary N) is 1. The zero-order valence-electron chi connectivity index (χ0n) is 11.7. The third-order valence-corrected chi connectivity index (χ3v) is 5.10. The second-order valence-corrected chi connectivity index (χ2v) is 6.40. The Bertz CT molecular complexity index is 237. The van der Waals surface area contributed by atoms with E-state index in [0.717, 1.165) is 13.0 Å². The first-order valence-electron chi connectivity index (χ1n) is 7.85. The van der Waals surface area contributed by atoms with Gasteiger partial charge < -0.3 is 10.8 Å². The van der Waals surface area contributed by atoms with Crippen molar-refractivity contribution in [3.05, 3.63) is 0 Å². The van der Waals surface area contributed by atoms with Crippen molar-refractivity contribution in [1.82, 2.24) is 4.90 Å². The van der Waals surface area contributed by atoms with E-state index in [-0.39, 0.29) is 0 Å². The van der Waals surface area contributed by atoms with E-state index in [1.165, 1.54) is 64.5 Å². The predicted molar refractivity (Wildman–Crippen MR) is 75.5 cm³/mol. The Balaban J connectivity index is 1.95. The minimum absolute atomic E-state index is 0.330. The minimum atomic E-state index is 0.330. The van der Waals surface area contributed by atoms with Crippen LogP contribution >= 0.6 is 0 Å². The quantitative estimate of drug-likeness (QED) is 0.790. The molecular formula is C15H30N2O. The summed E-state index contributed by atoms with van der Waals surface area (Å²) in [5.74, 6) is 0. The molecule has 0 spiro atoms. The molecule has 0 aromatic heterocycles. The van der Waals surface area contributed by atoms with Crippen molar-refractivity contribution in [2.24, 2.45) is 11.1 Å². The molecule has 1 aliphatic carbocycles. The SMILES string of the molecule is NCC1(CN2CCCCC2CCO)CCCCC1. The molecule has 0 aromatic rings. The number of aliphatic hydroxyl groups is 1. The lowest BCUT2D eigenvalue weighted by Gasteiger charge is -2.45. The number of aliphatic hydroxyl groups excluding tert-OH is 1. The van der Waals surface area contributed by atoms with Crippen LogP contribution in [0, 0.1) is 5.41 Å². The maximum absolute atomic E-state index is 9.21.